The Labute approximate surface area is 129 Å². The van der Waals surface area contributed by atoms with E-state index in [4.69, 9.17) is 9.57 Å². The van der Waals surface area contributed by atoms with Gasteiger partial charge in [0.05, 0.1) is 5.71 Å². The molecule has 1 unspecified atom stereocenters. The molecular weight excluding hydrogens is 284 g/mol. The monoisotopic (exact) mass is 306 g/mol. The fourth-order valence-electron chi connectivity index (χ4n) is 2.10. The molecule has 1 aromatic rings. The van der Waals surface area contributed by atoms with Crippen LogP contribution >= 0.6 is 0 Å². The van der Waals surface area contributed by atoms with Crippen LogP contribution in [0.5, 0.6) is 0 Å². The summed E-state index contributed by atoms with van der Waals surface area (Å²) in [6.45, 7) is 5.95. The van der Waals surface area contributed by atoms with Crippen LogP contribution < -0.4 is 0 Å². The summed E-state index contributed by atoms with van der Waals surface area (Å²) < 4.78 is 7.47. The Bertz CT molecular complexity index is 590. The van der Waals surface area contributed by atoms with Gasteiger partial charge in [-0.25, -0.2) is 9.67 Å². The molecule has 0 saturated carbocycles. The Kier molecular flexibility index (Phi) is 4.97. The quantitative estimate of drug-likeness (QED) is 0.641. The van der Waals surface area contributed by atoms with Gasteiger partial charge in [-0.1, -0.05) is 19.0 Å². The van der Waals surface area contributed by atoms with Crippen molar-refractivity contribution in [2.45, 2.75) is 39.5 Å². The predicted molar refractivity (Wildman–Crippen MR) is 81.8 cm³/mol. The van der Waals surface area contributed by atoms with Crippen LogP contribution in [-0.4, -0.2) is 38.5 Å². The van der Waals surface area contributed by atoms with Crippen LogP contribution in [0.3, 0.4) is 0 Å². The van der Waals surface area contributed by atoms with E-state index in [2.05, 4.69) is 15.2 Å². The van der Waals surface area contributed by atoms with Crippen LogP contribution in [0, 0.1) is 5.92 Å². The number of nitrogens with zero attached hydrogens (tertiary/aromatic N) is 4. The van der Waals surface area contributed by atoms with Gasteiger partial charge in [-0.05, 0) is 24.6 Å². The number of ether oxygens (including phenoxy) is 1. The van der Waals surface area contributed by atoms with Crippen molar-refractivity contribution in [3.8, 4) is 0 Å². The van der Waals surface area contributed by atoms with Crippen molar-refractivity contribution in [3.05, 3.63) is 36.1 Å². The Morgan fingerprint density at radius 2 is 2.23 bits per heavy atom. The van der Waals surface area contributed by atoms with Crippen molar-refractivity contribution in [2.24, 2.45) is 11.1 Å². The number of hydrogen-bond acceptors (Lipinski definition) is 6. The zero-order chi connectivity index (χ0) is 16.2. The third-order valence-electron chi connectivity index (χ3n) is 3.55. The Hall–Kier alpha value is -2.15. The minimum absolute atomic E-state index is 0.126. The minimum atomic E-state index is -1.37. The van der Waals surface area contributed by atoms with Crippen LogP contribution in [0.25, 0.3) is 0 Å². The van der Waals surface area contributed by atoms with Crippen LogP contribution in [0.1, 0.15) is 27.2 Å². The van der Waals surface area contributed by atoms with E-state index in [-0.39, 0.29) is 12.5 Å². The lowest BCUT2D eigenvalue weighted by Gasteiger charge is -2.34. The standard InChI is InChI=1S/C15H22N4O3/c1-11(2)15(20,8-19-10-16-9-17-19)22-14-6-5-13(18-21-4)7-12(14)3/h5-6,9-11,20H,7-8H2,1-4H3. The zero-order valence-electron chi connectivity index (χ0n) is 13.4. The molecule has 1 heterocycles. The first-order valence-corrected chi connectivity index (χ1v) is 7.16. The molecular formula is C15H22N4O3. The van der Waals surface area contributed by atoms with E-state index in [0.717, 1.165) is 11.3 Å². The summed E-state index contributed by atoms with van der Waals surface area (Å²) in [5, 5.41) is 18.8. The number of rotatable bonds is 6. The van der Waals surface area contributed by atoms with Crippen molar-refractivity contribution in [3.63, 3.8) is 0 Å². The molecule has 22 heavy (non-hydrogen) atoms. The third-order valence-corrected chi connectivity index (χ3v) is 3.55. The molecule has 0 amide bonds. The van der Waals surface area contributed by atoms with Crippen molar-refractivity contribution in [2.75, 3.05) is 7.11 Å². The number of aromatic nitrogens is 3. The molecule has 7 nitrogen and oxygen atoms in total. The van der Waals surface area contributed by atoms with E-state index in [0.29, 0.717) is 12.2 Å². The molecule has 1 aliphatic rings. The largest absolute Gasteiger partial charge is 0.460 e. The van der Waals surface area contributed by atoms with Gasteiger partial charge in [0, 0.05) is 12.3 Å². The lowest BCUT2D eigenvalue weighted by atomic mass is 10.0. The fourth-order valence-corrected chi connectivity index (χ4v) is 2.10. The van der Waals surface area contributed by atoms with Crippen LogP contribution in [0.15, 0.2) is 41.3 Å². The van der Waals surface area contributed by atoms with E-state index in [9.17, 15) is 5.11 Å². The highest BCUT2D eigenvalue weighted by atomic mass is 16.6. The van der Waals surface area contributed by atoms with Crippen molar-refractivity contribution >= 4 is 5.71 Å². The van der Waals surface area contributed by atoms with E-state index in [1.807, 2.05) is 26.8 Å². The molecule has 0 aromatic carbocycles. The van der Waals surface area contributed by atoms with Gasteiger partial charge in [0.2, 0.25) is 5.79 Å². The molecule has 7 heteroatoms. The summed E-state index contributed by atoms with van der Waals surface area (Å²) in [6.07, 6.45) is 7.22. The highest BCUT2D eigenvalue weighted by Gasteiger charge is 2.35. The molecule has 1 aliphatic carbocycles. The summed E-state index contributed by atoms with van der Waals surface area (Å²) >= 11 is 0. The van der Waals surface area contributed by atoms with Gasteiger partial charge in [-0.2, -0.15) is 5.10 Å². The average Bonchev–Trinajstić information content (AvgIpc) is 2.95. The summed E-state index contributed by atoms with van der Waals surface area (Å²) in [5.74, 6) is -0.851. The maximum atomic E-state index is 10.9. The van der Waals surface area contributed by atoms with Crippen molar-refractivity contribution in [1.29, 1.82) is 0 Å². The summed E-state index contributed by atoms with van der Waals surface area (Å²) in [4.78, 5) is 8.67. The highest BCUT2D eigenvalue weighted by molar-refractivity contribution is 5.97. The van der Waals surface area contributed by atoms with E-state index in [1.54, 1.807) is 17.1 Å². The maximum absolute atomic E-state index is 10.9. The first kappa shape index (κ1) is 16.2. The van der Waals surface area contributed by atoms with E-state index in [1.165, 1.54) is 13.4 Å². The van der Waals surface area contributed by atoms with Crippen LogP contribution in [-0.2, 0) is 16.1 Å². The maximum Gasteiger partial charge on any atom is 0.230 e. The second kappa shape index (κ2) is 6.74. The molecule has 0 fully saturated rings. The smallest absolute Gasteiger partial charge is 0.230 e. The fraction of sp³-hybridized carbons (Fsp3) is 0.533. The van der Waals surface area contributed by atoms with Crippen LogP contribution in [0.4, 0.5) is 0 Å². The SMILES string of the molecule is CON=C1C=CC(OC(O)(Cn2cncn2)C(C)C)=C(C)C1. The minimum Gasteiger partial charge on any atom is -0.460 e. The molecule has 1 atom stereocenters. The van der Waals surface area contributed by atoms with Gasteiger partial charge in [-0.3, -0.25) is 0 Å². The van der Waals surface area contributed by atoms with Gasteiger partial charge in [0.15, 0.2) is 0 Å². The Morgan fingerprint density at radius 1 is 1.45 bits per heavy atom. The second-order valence-corrected chi connectivity index (χ2v) is 5.61. The topological polar surface area (TPSA) is 81.8 Å². The molecule has 0 radical (unpaired) electrons. The molecule has 0 saturated heterocycles. The number of oxime groups is 1. The molecule has 120 valence electrons. The molecule has 0 bridgehead atoms. The second-order valence-electron chi connectivity index (χ2n) is 5.61. The molecule has 1 aromatic heterocycles. The normalized spacial score (nSPS) is 19.6. The van der Waals surface area contributed by atoms with Gasteiger partial charge in [0.1, 0.15) is 32.1 Å². The van der Waals surface area contributed by atoms with Crippen molar-refractivity contribution in [1.82, 2.24) is 14.8 Å². The van der Waals surface area contributed by atoms with Crippen molar-refractivity contribution < 1.29 is 14.7 Å². The molecule has 0 aliphatic heterocycles. The van der Waals surface area contributed by atoms with Crippen LogP contribution in [0.2, 0.25) is 0 Å². The van der Waals surface area contributed by atoms with E-state index < -0.39 is 5.79 Å². The molecule has 1 N–H and O–H groups in total. The van der Waals surface area contributed by atoms with Gasteiger partial charge < -0.3 is 14.7 Å². The lowest BCUT2D eigenvalue weighted by Crippen LogP contribution is -2.42. The first-order valence-electron chi connectivity index (χ1n) is 7.16. The number of allylic oxidation sites excluding steroid dienone is 3. The number of aliphatic hydroxyl groups is 1. The number of hydrogen-bond donors (Lipinski definition) is 1. The predicted octanol–water partition coefficient (Wildman–Crippen LogP) is 1.88. The first-order chi connectivity index (χ1) is 10.4. The molecule has 0 spiro atoms. The third kappa shape index (κ3) is 3.73. The van der Waals surface area contributed by atoms with Gasteiger partial charge >= 0.3 is 0 Å². The van der Waals surface area contributed by atoms with E-state index >= 15 is 0 Å². The summed E-state index contributed by atoms with van der Waals surface area (Å²) in [7, 11) is 1.52. The lowest BCUT2D eigenvalue weighted by molar-refractivity contribution is -0.214. The Balaban J connectivity index is 2.16. The Morgan fingerprint density at radius 3 is 2.77 bits per heavy atom. The molecule has 2 rings (SSSR count). The average molecular weight is 306 g/mol. The van der Waals surface area contributed by atoms with Gasteiger partial charge in [0.25, 0.3) is 0 Å². The highest BCUT2D eigenvalue weighted by Crippen LogP contribution is 2.28. The van der Waals surface area contributed by atoms with Gasteiger partial charge in [-0.15, -0.1) is 0 Å². The zero-order valence-corrected chi connectivity index (χ0v) is 13.4. The summed E-state index contributed by atoms with van der Waals surface area (Å²) in [6, 6.07) is 0. The summed E-state index contributed by atoms with van der Waals surface area (Å²) in [5.41, 5.74) is 1.80.